The van der Waals surface area contributed by atoms with E-state index in [-0.39, 0.29) is 0 Å². The smallest absolute Gasteiger partial charge is 0.410 e. The molecule has 0 aliphatic rings. The summed E-state index contributed by atoms with van der Waals surface area (Å²) in [4.78, 5) is 14.4. The van der Waals surface area contributed by atoms with Crippen molar-refractivity contribution in [2.75, 3.05) is 13.1 Å². The highest BCUT2D eigenvalue weighted by Gasteiger charge is 2.20. The lowest BCUT2D eigenvalue weighted by Crippen LogP contribution is -2.33. The van der Waals surface area contributed by atoms with Crippen molar-refractivity contribution in [3.05, 3.63) is 114 Å². The van der Waals surface area contributed by atoms with Gasteiger partial charge in [0, 0.05) is 42.3 Å². The third-order valence-electron chi connectivity index (χ3n) is 6.78. The molecule has 38 heavy (non-hydrogen) atoms. The van der Waals surface area contributed by atoms with Gasteiger partial charge in [0.25, 0.3) is 0 Å². The van der Waals surface area contributed by atoms with Crippen molar-refractivity contribution in [3.8, 4) is 28.0 Å². The van der Waals surface area contributed by atoms with Gasteiger partial charge in [0.15, 0.2) is 11.6 Å². The second-order valence-electron chi connectivity index (χ2n) is 9.01. The van der Waals surface area contributed by atoms with Crippen molar-refractivity contribution in [2.24, 2.45) is 0 Å². The van der Waals surface area contributed by atoms with Gasteiger partial charge < -0.3 is 14.2 Å². The summed E-state index contributed by atoms with van der Waals surface area (Å²) in [5, 5.41) is 0.776. The van der Waals surface area contributed by atoms with Gasteiger partial charge in [-0.2, -0.15) is 0 Å². The Kier molecular flexibility index (Phi) is 7.22. The van der Waals surface area contributed by atoms with Crippen molar-refractivity contribution in [1.82, 2.24) is 9.47 Å². The third-order valence-corrected chi connectivity index (χ3v) is 6.78. The number of benzene rings is 4. The standard InChI is InChI=1S/C32H28F2N2O2/c1-3-35(4-2)32(37)38-30-17-16-29-26(31(30)23-14-15-27(33)28(34)20-23)18-19-36(29)21-24-12-8-9-13-25(24)22-10-6-5-7-11-22/h5-20H,3-4,21H2,1-2H3. The predicted octanol–water partition coefficient (Wildman–Crippen LogP) is 8.14. The van der Waals surface area contributed by atoms with E-state index in [4.69, 9.17) is 4.74 Å². The van der Waals surface area contributed by atoms with Crippen LogP contribution in [0.2, 0.25) is 0 Å². The highest BCUT2D eigenvalue weighted by Crippen LogP contribution is 2.39. The van der Waals surface area contributed by atoms with Gasteiger partial charge in [0.1, 0.15) is 5.75 Å². The van der Waals surface area contributed by atoms with Crippen molar-refractivity contribution < 1.29 is 18.3 Å². The molecular formula is C32H28F2N2O2. The zero-order chi connectivity index (χ0) is 26.6. The highest BCUT2D eigenvalue weighted by atomic mass is 19.2. The van der Waals surface area contributed by atoms with Gasteiger partial charge in [-0.1, -0.05) is 60.7 Å². The molecule has 0 fully saturated rings. The third kappa shape index (κ3) is 4.90. The first-order valence-corrected chi connectivity index (χ1v) is 12.7. The lowest BCUT2D eigenvalue weighted by molar-refractivity contribution is 0.157. The molecule has 5 aromatic rings. The van der Waals surface area contributed by atoms with Gasteiger partial charge in [0.05, 0.1) is 0 Å². The number of hydrogen-bond acceptors (Lipinski definition) is 2. The van der Waals surface area contributed by atoms with Gasteiger partial charge >= 0.3 is 6.09 Å². The summed E-state index contributed by atoms with van der Waals surface area (Å²) in [5.74, 6) is -1.60. The summed E-state index contributed by atoms with van der Waals surface area (Å²) in [6.45, 7) is 5.34. The van der Waals surface area contributed by atoms with Gasteiger partial charge in [0.2, 0.25) is 0 Å². The maximum absolute atomic E-state index is 14.3. The van der Waals surface area contributed by atoms with Crippen LogP contribution in [0.5, 0.6) is 5.75 Å². The Morgan fingerprint density at radius 2 is 1.55 bits per heavy atom. The predicted molar refractivity (Wildman–Crippen MR) is 147 cm³/mol. The Hall–Kier alpha value is -4.45. The second-order valence-corrected chi connectivity index (χ2v) is 9.01. The zero-order valence-electron chi connectivity index (χ0n) is 21.3. The van der Waals surface area contributed by atoms with E-state index in [1.807, 2.05) is 62.5 Å². The van der Waals surface area contributed by atoms with Crippen molar-refractivity contribution in [2.45, 2.75) is 20.4 Å². The van der Waals surface area contributed by atoms with Crippen LogP contribution in [0, 0.1) is 11.6 Å². The van der Waals surface area contributed by atoms with Crippen LogP contribution in [-0.4, -0.2) is 28.6 Å². The maximum Gasteiger partial charge on any atom is 0.415 e. The van der Waals surface area contributed by atoms with Crippen LogP contribution in [0.3, 0.4) is 0 Å². The van der Waals surface area contributed by atoms with Crippen molar-refractivity contribution >= 4 is 17.0 Å². The fourth-order valence-corrected chi connectivity index (χ4v) is 4.81. The molecule has 0 radical (unpaired) electrons. The van der Waals surface area contributed by atoms with Crippen LogP contribution >= 0.6 is 0 Å². The van der Waals surface area contributed by atoms with E-state index < -0.39 is 17.7 Å². The van der Waals surface area contributed by atoms with Gasteiger partial charge in [-0.25, -0.2) is 13.6 Å². The summed E-state index contributed by atoms with van der Waals surface area (Å²) >= 11 is 0. The number of hydrogen-bond donors (Lipinski definition) is 0. The normalized spacial score (nSPS) is 11.1. The van der Waals surface area contributed by atoms with E-state index in [0.29, 0.717) is 36.5 Å². The minimum atomic E-state index is -0.961. The summed E-state index contributed by atoms with van der Waals surface area (Å²) < 4.78 is 36.0. The number of halogens is 2. The molecule has 0 aliphatic carbocycles. The summed E-state index contributed by atoms with van der Waals surface area (Å²) in [6.07, 6.45) is 1.47. The Balaban J connectivity index is 1.61. The van der Waals surface area contributed by atoms with Crippen LogP contribution in [0.4, 0.5) is 13.6 Å². The van der Waals surface area contributed by atoms with E-state index in [1.54, 1.807) is 11.0 Å². The molecule has 0 atom stereocenters. The number of fused-ring (bicyclic) bond motifs is 1. The van der Waals surface area contributed by atoms with Crippen LogP contribution in [0.25, 0.3) is 33.2 Å². The summed E-state index contributed by atoms with van der Waals surface area (Å²) in [6, 6.07) is 27.7. The molecule has 6 heteroatoms. The van der Waals surface area contributed by atoms with Crippen LogP contribution < -0.4 is 4.74 Å². The number of nitrogens with zero attached hydrogens (tertiary/aromatic N) is 2. The number of amides is 1. The lowest BCUT2D eigenvalue weighted by Gasteiger charge is -2.20. The zero-order valence-corrected chi connectivity index (χ0v) is 21.3. The van der Waals surface area contributed by atoms with E-state index >= 15 is 0 Å². The maximum atomic E-state index is 14.3. The number of ether oxygens (including phenoxy) is 1. The van der Waals surface area contributed by atoms with E-state index in [2.05, 4.69) is 28.8 Å². The first kappa shape index (κ1) is 25.2. The Bertz CT molecular complexity index is 1590. The number of rotatable bonds is 7. The van der Waals surface area contributed by atoms with E-state index in [0.717, 1.165) is 39.7 Å². The average Bonchev–Trinajstić information content (AvgIpc) is 3.34. The van der Waals surface area contributed by atoms with Crippen LogP contribution in [0.15, 0.2) is 97.2 Å². The largest absolute Gasteiger partial charge is 0.415 e. The van der Waals surface area contributed by atoms with Crippen LogP contribution in [-0.2, 0) is 6.54 Å². The van der Waals surface area contributed by atoms with Gasteiger partial charge in [-0.05, 0) is 66.4 Å². The van der Waals surface area contributed by atoms with Gasteiger partial charge in [-0.3, -0.25) is 0 Å². The molecule has 5 rings (SSSR count). The van der Waals surface area contributed by atoms with E-state index in [1.165, 1.54) is 6.07 Å². The number of carbonyl (C=O) groups excluding carboxylic acids is 1. The van der Waals surface area contributed by atoms with E-state index in [9.17, 15) is 13.6 Å². The monoisotopic (exact) mass is 510 g/mol. The number of carbonyl (C=O) groups is 1. The molecule has 4 nitrogen and oxygen atoms in total. The summed E-state index contributed by atoms with van der Waals surface area (Å²) in [5.41, 5.74) is 5.27. The topological polar surface area (TPSA) is 34.5 Å². The van der Waals surface area contributed by atoms with Crippen molar-refractivity contribution in [1.29, 1.82) is 0 Å². The quantitative estimate of drug-likeness (QED) is 0.221. The minimum absolute atomic E-state index is 0.294. The first-order chi connectivity index (χ1) is 18.5. The molecule has 1 amide bonds. The molecule has 0 spiro atoms. The Morgan fingerprint density at radius 1 is 0.816 bits per heavy atom. The molecule has 0 aliphatic heterocycles. The fourth-order valence-electron chi connectivity index (χ4n) is 4.81. The molecule has 0 N–H and O–H groups in total. The Morgan fingerprint density at radius 3 is 2.29 bits per heavy atom. The molecule has 4 aromatic carbocycles. The molecule has 1 heterocycles. The van der Waals surface area contributed by atoms with Crippen LogP contribution in [0.1, 0.15) is 19.4 Å². The van der Waals surface area contributed by atoms with Crippen molar-refractivity contribution in [3.63, 3.8) is 0 Å². The average molecular weight is 511 g/mol. The second kappa shape index (κ2) is 10.9. The molecule has 0 saturated heterocycles. The highest BCUT2D eigenvalue weighted by molar-refractivity contribution is 5.99. The molecule has 192 valence electrons. The minimum Gasteiger partial charge on any atom is -0.410 e. The Labute approximate surface area is 220 Å². The molecular weight excluding hydrogens is 482 g/mol. The molecule has 0 saturated carbocycles. The SMILES string of the molecule is CCN(CC)C(=O)Oc1ccc2c(ccn2Cc2ccccc2-c2ccccc2)c1-c1ccc(F)c(F)c1. The van der Waals surface area contributed by atoms with Gasteiger partial charge in [-0.15, -0.1) is 0 Å². The molecule has 0 unspecified atom stereocenters. The lowest BCUT2D eigenvalue weighted by atomic mass is 9.99. The summed E-state index contributed by atoms with van der Waals surface area (Å²) in [7, 11) is 0. The molecule has 1 aromatic heterocycles. The molecule has 0 bridgehead atoms. The fraction of sp³-hybridized carbons (Fsp3) is 0.156. The number of aromatic nitrogens is 1. The first-order valence-electron chi connectivity index (χ1n) is 12.7.